The number of fused-ring (bicyclic) bond motifs is 2. The molecule has 6 nitrogen and oxygen atoms in total. The molecule has 1 aliphatic heterocycles. The summed E-state index contributed by atoms with van der Waals surface area (Å²) in [5, 5.41) is 3.97. The maximum atomic E-state index is 13.4. The van der Waals surface area contributed by atoms with Crippen LogP contribution in [-0.2, 0) is 10.9 Å². The van der Waals surface area contributed by atoms with E-state index in [0.717, 1.165) is 6.07 Å². The highest BCUT2D eigenvalue weighted by Gasteiger charge is 2.33. The molecule has 1 unspecified atom stereocenters. The van der Waals surface area contributed by atoms with E-state index < -0.39 is 17.8 Å². The summed E-state index contributed by atoms with van der Waals surface area (Å²) < 4.78 is 57.5. The maximum Gasteiger partial charge on any atom is 0.416 e. The molecule has 1 aliphatic rings. The van der Waals surface area contributed by atoms with Crippen molar-refractivity contribution in [3.05, 3.63) is 52.8 Å². The van der Waals surface area contributed by atoms with Gasteiger partial charge in [-0.15, -0.1) is 0 Å². The highest BCUT2D eigenvalue weighted by Crippen LogP contribution is 2.38. The van der Waals surface area contributed by atoms with E-state index in [1.165, 1.54) is 13.0 Å². The van der Waals surface area contributed by atoms with Crippen LogP contribution in [0.2, 0.25) is 0 Å². The Morgan fingerprint density at radius 1 is 1.09 bits per heavy atom. The van der Waals surface area contributed by atoms with Gasteiger partial charge in [0, 0.05) is 11.5 Å². The average molecular weight is 461 g/mol. The normalized spacial score (nSPS) is 17.7. The van der Waals surface area contributed by atoms with Crippen LogP contribution in [0.4, 0.5) is 19.0 Å². The maximum absolute atomic E-state index is 13.4. The van der Waals surface area contributed by atoms with Gasteiger partial charge in [0.2, 0.25) is 0 Å². The molecule has 2 heterocycles. The summed E-state index contributed by atoms with van der Waals surface area (Å²) in [6, 6.07) is 7.38. The Balaban J connectivity index is 1.74. The van der Waals surface area contributed by atoms with E-state index in [0.29, 0.717) is 59.4 Å². The first-order chi connectivity index (χ1) is 15.6. The van der Waals surface area contributed by atoms with Crippen molar-refractivity contribution in [1.82, 2.24) is 9.97 Å². The molecule has 0 bridgehead atoms. The van der Waals surface area contributed by atoms with Crippen LogP contribution in [0.3, 0.4) is 0 Å². The molecule has 0 spiro atoms. The molecular weight excluding hydrogens is 435 g/mol. The topological polar surface area (TPSA) is 65.5 Å². The number of nitrogens with one attached hydrogen (secondary N) is 1. The second kappa shape index (κ2) is 9.05. The number of aromatic nitrogens is 2. The lowest BCUT2D eigenvalue weighted by molar-refractivity contribution is -0.138. The zero-order valence-corrected chi connectivity index (χ0v) is 18.9. The van der Waals surface area contributed by atoms with Crippen molar-refractivity contribution in [3.8, 4) is 11.5 Å². The van der Waals surface area contributed by atoms with Crippen molar-refractivity contribution in [1.29, 1.82) is 0 Å². The van der Waals surface area contributed by atoms with Crippen LogP contribution in [0, 0.1) is 13.8 Å². The van der Waals surface area contributed by atoms with Crippen molar-refractivity contribution in [2.75, 3.05) is 25.1 Å². The predicted octanol–water partition coefficient (Wildman–Crippen LogP) is 5.61. The Kier molecular flexibility index (Phi) is 6.34. The zero-order valence-electron chi connectivity index (χ0n) is 18.9. The molecule has 3 aromatic rings. The highest BCUT2D eigenvalue weighted by atomic mass is 19.4. The van der Waals surface area contributed by atoms with Gasteiger partial charge in [-0.05, 0) is 51.0 Å². The molecule has 2 atom stereocenters. The van der Waals surface area contributed by atoms with E-state index in [1.54, 1.807) is 25.1 Å². The lowest BCUT2D eigenvalue weighted by atomic mass is 9.97. The van der Waals surface area contributed by atoms with Crippen LogP contribution in [0.25, 0.3) is 10.9 Å². The molecule has 0 aliphatic carbocycles. The molecule has 0 fully saturated rings. The van der Waals surface area contributed by atoms with E-state index in [9.17, 15) is 13.2 Å². The Morgan fingerprint density at radius 3 is 2.64 bits per heavy atom. The van der Waals surface area contributed by atoms with Gasteiger partial charge in [0.25, 0.3) is 0 Å². The fourth-order valence-electron chi connectivity index (χ4n) is 3.99. The van der Waals surface area contributed by atoms with Crippen molar-refractivity contribution in [3.63, 3.8) is 0 Å². The lowest BCUT2D eigenvalue weighted by Crippen LogP contribution is -2.19. The molecule has 1 N–H and O–H groups in total. The molecule has 4 rings (SSSR count). The average Bonchev–Trinajstić information content (AvgIpc) is 2.81. The summed E-state index contributed by atoms with van der Waals surface area (Å²) in [7, 11) is 0. The molecule has 2 aromatic carbocycles. The molecule has 9 heteroatoms. The van der Waals surface area contributed by atoms with Crippen LogP contribution in [0.5, 0.6) is 11.5 Å². The van der Waals surface area contributed by atoms with E-state index in [-0.39, 0.29) is 11.7 Å². The molecule has 0 saturated heterocycles. The number of benzene rings is 2. The smallest absolute Gasteiger partial charge is 0.416 e. The summed E-state index contributed by atoms with van der Waals surface area (Å²) in [5.74, 6) is 2.14. The van der Waals surface area contributed by atoms with Gasteiger partial charge in [0.15, 0.2) is 11.5 Å². The van der Waals surface area contributed by atoms with Crippen molar-refractivity contribution >= 4 is 16.7 Å². The number of ether oxygens (including phenoxy) is 3. The minimum absolute atomic E-state index is 0.183. The minimum Gasteiger partial charge on any atom is -0.487 e. The Hall–Kier alpha value is -3.07. The van der Waals surface area contributed by atoms with Crippen LogP contribution < -0.4 is 14.8 Å². The lowest BCUT2D eigenvalue weighted by Gasteiger charge is -2.22. The van der Waals surface area contributed by atoms with Crippen molar-refractivity contribution < 1.29 is 27.4 Å². The quantitative estimate of drug-likeness (QED) is 0.547. The van der Waals surface area contributed by atoms with Gasteiger partial charge in [-0.2, -0.15) is 13.2 Å². The van der Waals surface area contributed by atoms with Crippen LogP contribution in [0.1, 0.15) is 42.4 Å². The first kappa shape index (κ1) is 23.1. The summed E-state index contributed by atoms with van der Waals surface area (Å²) >= 11 is 0. The summed E-state index contributed by atoms with van der Waals surface area (Å²) in [6.07, 6.45) is -4.59. The molecule has 0 radical (unpaired) electrons. The monoisotopic (exact) mass is 461 g/mol. The molecule has 176 valence electrons. The number of alkyl halides is 3. The number of aryl methyl sites for hydroxylation is 1. The summed E-state index contributed by atoms with van der Waals surface area (Å²) in [5.41, 5.74) is 0.735. The largest absolute Gasteiger partial charge is 0.487 e. The second-order valence-corrected chi connectivity index (χ2v) is 8.17. The fourth-order valence-corrected chi connectivity index (χ4v) is 3.99. The SMILES string of the molecule is Cc1nc(NC(C)c2cccc(C(F)(F)F)c2C)c2cc3c(cc2n1)OCCOC[C@H](C)O3. The fraction of sp³-hybridized carbons (Fsp3) is 0.417. The van der Waals surface area contributed by atoms with Crippen molar-refractivity contribution in [2.45, 2.75) is 46.0 Å². The summed E-state index contributed by atoms with van der Waals surface area (Å²) in [4.78, 5) is 9.05. The molecule has 33 heavy (non-hydrogen) atoms. The standard InChI is InChI=1S/C24H26F3N3O3/c1-13-12-31-8-9-32-21-11-20-18(10-22(21)33-13)23(30-16(4)29-20)28-15(3)17-6-5-7-19(14(17)2)24(25,26)27/h5-7,10-11,13,15H,8-9,12H2,1-4H3,(H,28,29,30)/t13-,15?/m0/s1. The van der Waals surface area contributed by atoms with Gasteiger partial charge in [-0.3, -0.25) is 0 Å². The Morgan fingerprint density at radius 2 is 1.88 bits per heavy atom. The van der Waals surface area contributed by atoms with Crippen LogP contribution >= 0.6 is 0 Å². The van der Waals surface area contributed by atoms with E-state index in [1.807, 2.05) is 13.8 Å². The zero-order chi connectivity index (χ0) is 23.8. The predicted molar refractivity (Wildman–Crippen MR) is 119 cm³/mol. The third-order valence-corrected chi connectivity index (χ3v) is 5.54. The molecule has 0 amide bonds. The third kappa shape index (κ3) is 4.98. The minimum atomic E-state index is -4.41. The molecular formula is C24H26F3N3O3. The number of hydrogen-bond acceptors (Lipinski definition) is 6. The van der Waals surface area contributed by atoms with Crippen LogP contribution in [0.15, 0.2) is 30.3 Å². The van der Waals surface area contributed by atoms with Gasteiger partial charge in [-0.25, -0.2) is 9.97 Å². The van der Waals surface area contributed by atoms with E-state index in [2.05, 4.69) is 15.3 Å². The first-order valence-electron chi connectivity index (χ1n) is 10.8. The second-order valence-electron chi connectivity index (χ2n) is 8.17. The van der Waals surface area contributed by atoms with E-state index >= 15 is 0 Å². The Labute approximate surface area is 190 Å². The summed E-state index contributed by atoms with van der Waals surface area (Å²) in [6.45, 7) is 8.23. The van der Waals surface area contributed by atoms with E-state index in [4.69, 9.17) is 14.2 Å². The number of halogens is 3. The van der Waals surface area contributed by atoms with Gasteiger partial charge in [-0.1, -0.05) is 12.1 Å². The van der Waals surface area contributed by atoms with Gasteiger partial charge in [0.1, 0.15) is 24.4 Å². The number of anilines is 1. The number of hydrogen-bond donors (Lipinski definition) is 1. The first-order valence-corrected chi connectivity index (χ1v) is 10.8. The molecule has 1 aromatic heterocycles. The Bertz CT molecular complexity index is 1170. The van der Waals surface area contributed by atoms with Gasteiger partial charge < -0.3 is 19.5 Å². The molecule has 0 saturated carbocycles. The van der Waals surface area contributed by atoms with Crippen LogP contribution in [-0.4, -0.2) is 35.9 Å². The number of nitrogens with zero attached hydrogens (tertiary/aromatic N) is 2. The van der Waals surface area contributed by atoms with Gasteiger partial charge >= 0.3 is 6.18 Å². The van der Waals surface area contributed by atoms with Gasteiger partial charge in [0.05, 0.1) is 30.3 Å². The third-order valence-electron chi connectivity index (χ3n) is 5.54. The highest BCUT2D eigenvalue weighted by molar-refractivity contribution is 5.92. The van der Waals surface area contributed by atoms with Crippen molar-refractivity contribution in [2.24, 2.45) is 0 Å². The number of rotatable bonds is 3.